The molecule has 0 aromatic heterocycles. The Morgan fingerprint density at radius 2 is 1.62 bits per heavy atom. The number of hydrogen-bond donors (Lipinski definition) is 1. The zero-order valence-corrected chi connectivity index (χ0v) is 12.7. The molecule has 2 aromatic carbocycles. The first-order valence-electron chi connectivity index (χ1n) is 7.23. The van der Waals surface area contributed by atoms with Crippen molar-refractivity contribution < 1.29 is 4.39 Å². The van der Waals surface area contributed by atoms with E-state index in [9.17, 15) is 4.39 Å². The van der Waals surface area contributed by atoms with Gasteiger partial charge >= 0.3 is 0 Å². The fraction of sp³-hybridized carbons (Fsp3) is 0.333. The Morgan fingerprint density at radius 3 is 2.19 bits per heavy atom. The number of hydrogen-bond acceptors (Lipinski definition) is 2. The van der Waals surface area contributed by atoms with Crippen LogP contribution in [0.1, 0.15) is 18.1 Å². The molecule has 0 saturated carbocycles. The van der Waals surface area contributed by atoms with Gasteiger partial charge in [0.1, 0.15) is 5.82 Å². The first-order chi connectivity index (χ1) is 10.0. The van der Waals surface area contributed by atoms with Crippen LogP contribution in [0.4, 0.5) is 4.39 Å². The van der Waals surface area contributed by atoms with Crippen molar-refractivity contribution in [3.8, 4) is 0 Å². The predicted molar refractivity (Wildman–Crippen MR) is 85.5 cm³/mol. The van der Waals surface area contributed by atoms with Crippen LogP contribution in [-0.2, 0) is 13.0 Å². The molecule has 1 atom stereocenters. The van der Waals surface area contributed by atoms with Gasteiger partial charge in [0.15, 0.2) is 0 Å². The van der Waals surface area contributed by atoms with Crippen molar-refractivity contribution in [2.45, 2.75) is 25.4 Å². The van der Waals surface area contributed by atoms with Crippen molar-refractivity contribution in [1.29, 1.82) is 0 Å². The molecule has 0 aliphatic carbocycles. The van der Waals surface area contributed by atoms with Gasteiger partial charge in [0, 0.05) is 18.6 Å². The first kappa shape index (κ1) is 15.7. The number of rotatable bonds is 6. The molecule has 0 heterocycles. The Hall–Kier alpha value is -1.71. The van der Waals surface area contributed by atoms with Crippen molar-refractivity contribution in [3.63, 3.8) is 0 Å². The molecule has 0 aliphatic heterocycles. The van der Waals surface area contributed by atoms with E-state index in [0.29, 0.717) is 6.54 Å². The second kappa shape index (κ2) is 6.83. The standard InChI is InChI=1S/C18H23FN2/c1-18(14-20,12-15-8-10-17(19)11-9-15)21(2)13-16-6-4-3-5-7-16/h3-11H,12-14,20H2,1-2H3. The Bertz CT molecular complexity index is 553. The summed E-state index contributed by atoms with van der Waals surface area (Å²) in [5, 5.41) is 0. The lowest BCUT2D eigenvalue weighted by atomic mass is 9.91. The molecule has 3 heteroatoms. The minimum Gasteiger partial charge on any atom is -0.329 e. The molecule has 1 unspecified atom stereocenters. The Morgan fingerprint density at radius 1 is 1.00 bits per heavy atom. The quantitative estimate of drug-likeness (QED) is 0.883. The van der Waals surface area contributed by atoms with Gasteiger partial charge in [0.25, 0.3) is 0 Å². The molecule has 0 spiro atoms. The van der Waals surface area contributed by atoms with E-state index in [1.54, 1.807) is 0 Å². The van der Waals surface area contributed by atoms with E-state index < -0.39 is 0 Å². The normalized spacial score (nSPS) is 14.1. The van der Waals surface area contributed by atoms with Gasteiger partial charge in [-0.25, -0.2) is 4.39 Å². The van der Waals surface area contributed by atoms with Crippen LogP contribution in [0.2, 0.25) is 0 Å². The van der Waals surface area contributed by atoms with Gasteiger partial charge < -0.3 is 5.73 Å². The molecule has 0 amide bonds. The number of halogens is 1. The number of benzene rings is 2. The van der Waals surface area contributed by atoms with E-state index >= 15 is 0 Å². The highest BCUT2D eigenvalue weighted by atomic mass is 19.1. The summed E-state index contributed by atoms with van der Waals surface area (Å²) >= 11 is 0. The lowest BCUT2D eigenvalue weighted by Crippen LogP contribution is -2.50. The molecule has 0 aliphatic rings. The van der Waals surface area contributed by atoms with Crippen LogP contribution < -0.4 is 5.73 Å². The van der Waals surface area contributed by atoms with Gasteiger partial charge in [0.2, 0.25) is 0 Å². The molecular weight excluding hydrogens is 263 g/mol. The maximum absolute atomic E-state index is 13.0. The van der Waals surface area contributed by atoms with Gasteiger partial charge in [-0.2, -0.15) is 0 Å². The zero-order valence-electron chi connectivity index (χ0n) is 12.7. The summed E-state index contributed by atoms with van der Waals surface area (Å²) in [6.45, 7) is 3.54. The molecule has 2 rings (SSSR count). The third-order valence-corrected chi connectivity index (χ3v) is 4.12. The van der Waals surface area contributed by atoms with Crippen LogP contribution in [0, 0.1) is 5.82 Å². The van der Waals surface area contributed by atoms with E-state index in [1.807, 2.05) is 30.3 Å². The van der Waals surface area contributed by atoms with Gasteiger partial charge in [-0.05, 0) is 43.7 Å². The summed E-state index contributed by atoms with van der Waals surface area (Å²) in [6.07, 6.45) is 0.799. The molecule has 0 bridgehead atoms. The summed E-state index contributed by atoms with van der Waals surface area (Å²) in [5.74, 6) is -0.203. The summed E-state index contributed by atoms with van der Waals surface area (Å²) in [5.41, 5.74) is 8.23. The average Bonchev–Trinajstić information content (AvgIpc) is 2.50. The molecule has 0 saturated heterocycles. The molecule has 2 N–H and O–H groups in total. The Balaban J connectivity index is 2.10. The number of likely N-dealkylation sites (N-methyl/N-ethyl adjacent to an activating group) is 1. The monoisotopic (exact) mass is 286 g/mol. The molecular formula is C18H23FN2. The first-order valence-corrected chi connectivity index (χ1v) is 7.23. The predicted octanol–water partition coefficient (Wildman–Crippen LogP) is 3.22. The topological polar surface area (TPSA) is 29.3 Å². The third-order valence-electron chi connectivity index (χ3n) is 4.12. The van der Waals surface area contributed by atoms with Gasteiger partial charge in [-0.3, -0.25) is 4.90 Å². The average molecular weight is 286 g/mol. The molecule has 0 fully saturated rings. The van der Waals surface area contributed by atoms with Gasteiger partial charge in [-0.15, -0.1) is 0 Å². The van der Waals surface area contributed by atoms with Crippen molar-refractivity contribution in [2.75, 3.05) is 13.6 Å². The van der Waals surface area contributed by atoms with Crippen LogP contribution in [0.15, 0.2) is 54.6 Å². The Labute approximate surface area is 126 Å². The smallest absolute Gasteiger partial charge is 0.123 e. The van der Waals surface area contributed by atoms with Crippen LogP contribution >= 0.6 is 0 Å². The van der Waals surface area contributed by atoms with Crippen molar-refractivity contribution in [1.82, 2.24) is 4.90 Å². The molecule has 112 valence electrons. The van der Waals surface area contributed by atoms with E-state index in [1.165, 1.54) is 17.7 Å². The number of nitrogens with zero attached hydrogens (tertiary/aromatic N) is 1. The van der Waals surface area contributed by atoms with Crippen LogP contribution in [-0.4, -0.2) is 24.0 Å². The second-order valence-electron chi connectivity index (χ2n) is 5.85. The molecule has 2 aromatic rings. The van der Waals surface area contributed by atoms with E-state index in [0.717, 1.165) is 18.5 Å². The maximum atomic E-state index is 13.0. The Kier molecular flexibility index (Phi) is 5.10. The maximum Gasteiger partial charge on any atom is 0.123 e. The van der Waals surface area contributed by atoms with Crippen LogP contribution in [0.3, 0.4) is 0 Å². The molecule has 2 nitrogen and oxygen atoms in total. The second-order valence-corrected chi connectivity index (χ2v) is 5.85. The summed E-state index contributed by atoms with van der Waals surface area (Å²) in [6, 6.07) is 17.0. The van der Waals surface area contributed by atoms with Crippen molar-refractivity contribution >= 4 is 0 Å². The molecule has 0 radical (unpaired) electrons. The van der Waals surface area contributed by atoms with E-state index in [4.69, 9.17) is 5.73 Å². The highest BCUT2D eigenvalue weighted by molar-refractivity contribution is 5.20. The SMILES string of the molecule is CN(Cc1ccccc1)C(C)(CN)Cc1ccc(F)cc1. The summed E-state index contributed by atoms with van der Waals surface area (Å²) in [4.78, 5) is 2.27. The van der Waals surface area contributed by atoms with Crippen LogP contribution in [0.25, 0.3) is 0 Å². The third kappa shape index (κ3) is 4.13. The van der Waals surface area contributed by atoms with Crippen molar-refractivity contribution in [3.05, 3.63) is 71.5 Å². The van der Waals surface area contributed by atoms with Gasteiger partial charge in [-0.1, -0.05) is 42.5 Å². The minimum absolute atomic E-state index is 0.159. The van der Waals surface area contributed by atoms with E-state index in [-0.39, 0.29) is 11.4 Å². The summed E-state index contributed by atoms with van der Waals surface area (Å²) < 4.78 is 13.0. The largest absolute Gasteiger partial charge is 0.329 e. The highest BCUT2D eigenvalue weighted by Gasteiger charge is 2.28. The lowest BCUT2D eigenvalue weighted by molar-refractivity contribution is 0.136. The minimum atomic E-state index is -0.203. The lowest BCUT2D eigenvalue weighted by Gasteiger charge is -2.38. The fourth-order valence-corrected chi connectivity index (χ4v) is 2.45. The van der Waals surface area contributed by atoms with E-state index in [2.05, 4.69) is 31.0 Å². The number of nitrogens with two attached hydrogens (primary N) is 1. The summed E-state index contributed by atoms with van der Waals surface area (Å²) in [7, 11) is 2.09. The van der Waals surface area contributed by atoms with Crippen molar-refractivity contribution in [2.24, 2.45) is 5.73 Å². The fourth-order valence-electron chi connectivity index (χ4n) is 2.45. The highest BCUT2D eigenvalue weighted by Crippen LogP contribution is 2.21. The van der Waals surface area contributed by atoms with Gasteiger partial charge in [0.05, 0.1) is 0 Å². The molecule has 21 heavy (non-hydrogen) atoms. The van der Waals surface area contributed by atoms with Crippen LogP contribution in [0.5, 0.6) is 0 Å². The zero-order chi connectivity index (χ0) is 15.3.